The normalized spacial score (nSPS) is 10.8. The molecule has 0 spiro atoms. The molecule has 0 atom stereocenters. The van der Waals surface area contributed by atoms with Gasteiger partial charge in [-0.3, -0.25) is 4.79 Å². The highest BCUT2D eigenvalue weighted by Crippen LogP contribution is 2.23. The van der Waals surface area contributed by atoms with E-state index in [1.807, 2.05) is 0 Å². The lowest BCUT2D eigenvalue weighted by molar-refractivity contribution is -0.111. The van der Waals surface area contributed by atoms with Crippen LogP contribution in [0.5, 0.6) is 0 Å². The number of benzene rings is 1. The molecule has 1 aromatic heterocycles. The van der Waals surface area contributed by atoms with Gasteiger partial charge >= 0.3 is 5.97 Å². The summed E-state index contributed by atoms with van der Waals surface area (Å²) in [6.45, 7) is 0. The van der Waals surface area contributed by atoms with Crippen molar-refractivity contribution in [3.63, 3.8) is 0 Å². The summed E-state index contributed by atoms with van der Waals surface area (Å²) in [7, 11) is 0. The average molecular weight is 342 g/mol. The summed E-state index contributed by atoms with van der Waals surface area (Å²) >= 11 is 12.9. The Morgan fingerprint density at radius 3 is 2.71 bits per heavy atom. The zero-order valence-corrected chi connectivity index (χ0v) is 12.8. The van der Waals surface area contributed by atoms with Crippen LogP contribution < -0.4 is 5.32 Å². The van der Waals surface area contributed by atoms with Crippen molar-refractivity contribution in [3.05, 3.63) is 56.2 Å². The van der Waals surface area contributed by atoms with Crippen LogP contribution in [0.4, 0.5) is 5.69 Å². The van der Waals surface area contributed by atoms with E-state index in [-0.39, 0.29) is 10.6 Å². The molecule has 1 amide bonds. The van der Waals surface area contributed by atoms with Gasteiger partial charge in [-0.1, -0.05) is 23.2 Å². The number of nitrogens with one attached hydrogen (secondary N) is 1. The Morgan fingerprint density at radius 1 is 1.24 bits per heavy atom. The maximum absolute atomic E-state index is 11.8. The molecule has 2 N–H and O–H groups in total. The summed E-state index contributed by atoms with van der Waals surface area (Å²) in [6.07, 6.45) is 2.77. The Labute approximate surface area is 134 Å². The predicted molar refractivity (Wildman–Crippen MR) is 85.4 cm³/mol. The Kier molecular flexibility index (Phi) is 5.01. The molecule has 0 aliphatic rings. The number of amides is 1. The second-order valence-electron chi connectivity index (χ2n) is 3.96. The molecule has 2 rings (SSSR count). The van der Waals surface area contributed by atoms with Crippen molar-refractivity contribution in [2.45, 2.75) is 0 Å². The minimum atomic E-state index is -1.08. The lowest BCUT2D eigenvalue weighted by Gasteiger charge is -2.01. The van der Waals surface area contributed by atoms with Crippen LogP contribution in [0.1, 0.15) is 15.2 Å². The first-order valence-corrected chi connectivity index (χ1v) is 7.36. The van der Waals surface area contributed by atoms with Gasteiger partial charge in [0, 0.05) is 16.1 Å². The van der Waals surface area contributed by atoms with Gasteiger partial charge in [-0.2, -0.15) is 0 Å². The van der Waals surface area contributed by atoms with Gasteiger partial charge in [0.15, 0.2) is 0 Å². The summed E-state index contributed by atoms with van der Waals surface area (Å²) in [4.78, 5) is 22.8. The van der Waals surface area contributed by atoms with Crippen LogP contribution in [0.15, 0.2) is 35.7 Å². The minimum Gasteiger partial charge on any atom is -0.477 e. The van der Waals surface area contributed by atoms with Gasteiger partial charge in [-0.05, 0) is 41.3 Å². The highest BCUT2D eigenvalue weighted by molar-refractivity contribution is 7.12. The third kappa shape index (κ3) is 4.07. The molecule has 1 heterocycles. The Bertz CT molecular complexity index is 725. The number of carbonyl (C=O) groups is 2. The van der Waals surface area contributed by atoms with Gasteiger partial charge in [0.25, 0.3) is 0 Å². The van der Waals surface area contributed by atoms with Crippen LogP contribution >= 0.6 is 34.5 Å². The number of hydrogen-bond acceptors (Lipinski definition) is 3. The smallest absolute Gasteiger partial charge is 0.348 e. The number of halogens is 2. The monoisotopic (exact) mass is 341 g/mol. The maximum Gasteiger partial charge on any atom is 0.348 e. The van der Waals surface area contributed by atoms with Crippen LogP contribution in [0.2, 0.25) is 10.0 Å². The number of hydrogen-bond donors (Lipinski definition) is 2. The van der Waals surface area contributed by atoms with Crippen molar-refractivity contribution in [3.8, 4) is 0 Å². The first-order valence-electron chi connectivity index (χ1n) is 5.72. The van der Waals surface area contributed by atoms with E-state index in [0.29, 0.717) is 15.6 Å². The number of rotatable bonds is 4. The van der Waals surface area contributed by atoms with E-state index in [4.69, 9.17) is 28.3 Å². The SMILES string of the molecule is O=C(/C=C/c1cc(Cl)ccc1Cl)Nc1ccsc1C(=O)O. The molecule has 108 valence electrons. The average Bonchev–Trinajstić information content (AvgIpc) is 2.88. The molecule has 4 nitrogen and oxygen atoms in total. The standard InChI is InChI=1S/C14H9Cl2NO3S/c15-9-2-3-10(16)8(7-9)1-4-12(18)17-11-5-6-21-13(11)14(19)20/h1-7H,(H,17,18)(H,19,20)/b4-1+. The van der Waals surface area contributed by atoms with Crippen LogP contribution in [-0.2, 0) is 4.79 Å². The molecule has 0 saturated heterocycles. The van der Waals surface area contributed by atoms with Crippen LogP contribution in [-0.4, -0.2) is 17.0 Å². The predicted octanol–water partition coefficient (Wildman–Crippen LogP) is 4.41. The van der Waals surface area contributed by atoms with Gasteiger partial charge < -0.3 is 10.4 Å². The molecule has 7 heteroatoms. The number of carbonyl (C=O) groups excluding carboxylic acids is 1. The van der Waals surface area contributed by atoms with Crippen molar-refractivity contribution in [1.29, 1.82) is 0 Å². The second-order valence-corrected chi connectivity index (χ2v) is 5.72. The Morgan fingerprint density at radius 2 is 2.00 bits per heavy atom. The van der Waals surface area contributed by atoms with Crippen molar-refractivity contribution in [2.75, 3.05) is 5.32 Å². The van der Waals surface area contributed by atoms with Crippen LogP contribution in [0.3, 0.4) is 0 Å². The van der Waals surface area contributed by atoms with E-state index >= 15 is 0 Å². The largest absolute Gasteiger partial charge is 0.477 e. The molecule has 0 aliphatic carbocycles. The van der Waals surface area contributed by atoms with E-state index < -0.39 is 11.9 Å². The number of thiophene rings is 1. The third-order valence-electron chi connectivity index (χ3n) is 2.49. The highest BCUT2D eigenvalue weighted by atomic mass is 35.5. The fourth-order valence-corrected chi connectivity index (χ4v) is 2.60. The lowest BCUT2D eigenvalue weighted by Crippen LogP contribution is -2.09. The molecule has 0 unspecified atom stereocenters. The zero-order valence-electron chi connectivity index (χ0n) is 10.5. The molecule has 0 radical (unpaired) electrons. The highest BCUT2D eigenvalue weighted by Gasteiger charge is 2.12. The number of carboxylic acid groups (broad SMARTS) is 1. The second kappa shape index (κ2) is 6.76. The molecule has 21 heavy (non-hydrogen) atoms. The first kappa shape index (κ1) is 15.6. The zero-order chi connectivity index (χ0) is 15.4. The molecular weight excluding hydrogens is 333 g/mol. The molecule has 0 bridgehead atoms. The van der Waals surface area contributed by atoms with Crippen molar-refractivity contribution in [2.24, 2.45) is 0 Å². The molecule has 2 aromatic rings. The maximum atomic E-state index is 11.8. The molecule has 0 saturated carbocycles. The first-order chi connectivity index (χ1) is 9.97. The third-order valence-corrected chi connectivity index (χ3v) is 3.97. The summed E-state index contributed by atoms with van der Waals surface area (Å²) in [6, 6.07) is 6.43. The fourth-order valence-electron chi connectivity index (χ4n) is 1.56. The van der Waals surface area contributed by atoms with Gasteiger partial charge in [0.1, 0.15) is 4.88 Å². The quantitative estimate of drug-likeness (QED) is 0.809. The van der Waals surface area contributed by atoms with Crippen LogP contribution in [0.25, 0.3) is 6.08 Å². The van der Waals surface area contributed by atoms with Gasteiger partial charge in [0.05, 0.1) is 5.69 Å². The molecule has 0 aliphatic heterocycles. The number of carboxylic acids is 1. The van der Waals surface area contributed by atoms with E-state index in [1.54, 1.807) is 23.6 Å². The Hall–Kier alpha value is -1.82. The molecular formula is C14H9Cl2NO3S. The summed E-state index contributed by atoms with van der Waals surface area (Å²) in [5.41, 5.74) is 0.863. The van der Waals surface area contributed by atoms with Crippen LogP contribution in [0, 0.1) is 0 Å². The summed E-state index contributed by atoms with van der Waals surface area (Å²) in [5.74, 6) is -1.53. The molecule has 0 fully saturated rings. The van der Waals surface area contributed by atoms with Gasteiger partial charge in [-0.25, -0.2) is 4.79 Å². The summed E-state index contributed by atoms with van der Waals surface area (Å²) < 4.78 is 0. The van der Waals surface area contributed by atoms with Crippen molar-refractivity contribution in [1.82, 2.24) is 0 Å². The number of anilines is 1. The van der Waals surface area contributed by atoms with Gasteiger partial charge in [-0.15, -0.1) is 11.3 Å². The van der Waals surface area contributed by atoms with Crippen molar-refractivity contribution < 1.29 is 14.7 Å². The van der Waals surface area contributed by atoms with Gasteiger partial charge in [0.2, 0.25) is 5.91 Å². The minimum absolute atomic E-state index is 0.0811. The topological polar surface area (TPSA) is 66.4 Å². The lowest BCUT2D eigenvalue weighted by atomic mass is 10.2. The van der Waals surface area contributed by atoms with Crippen molar-refractivity contribution >= 4 is 58.2 Å². The van der Waals surface area contributed by atoms with E-state index in [0.717, 1.165) is 11.3 Å². The fraction of sp³-hybridized carbons (Fsp3) is 0. The number of aromatic carboxylic acids is 1. The molecule has 1 aromatic carbocycles. The summed E-state index contributed by atoms with van der Waals surface area (Å²) in [5, 5.41) is 14.0. The van der Waals surface area contributed by atoms with E-state index in [1.165, 1.54) is 18.2 Å². The van der Waals surface area contributed by atoms with E-state index in [2.05, 4.69) is 5.32 Å². The van der Waals surface area contributed by atoms with E-state index in [9.17, 15) is 9.59 Å². The Balaban J connectivity index is 2.11.